The predicted octanol–water partition coefficient (Wildman–Crippen LogP) is 5.23. The standard InChI is InChI=1S/C22H29NO/c1-3-5-9-18(4-2)17-23-22(24)16-19-12-14-21(15-13-19)20-10-7-6-8-11-20/h6-8,10-15,18H,3-5,9,16-17H2,1-2H3,(H,23,24)/t18-/m0/s1. The van der Waals surface area contributed by atoms with Gasteiger partial charge in [0.25, 0.3) is 0 Å². The highest BCUT2D eigenvalue weighted by Gasteiger charge is 2.09. The van der Waals surface area contributed by atoms with E-state index in [2.05, 4.69) is 55.6 Å². The molecule has 0 saturated heterocycles. The molecular weight excluding hydrogens is 294 g/mol. The first kappa shape index (κ1) is 18.3. The lowest BCUT2D eigenvalue weighted by atomic mass is 9.99. The molecule has 1 N–H and O–H groups in total. The van der Waals surface area contributed by atoms with Crippen LogP contribution >= 0.6 is 0 Å². The van der Waals surface area contributed by atoms with Crippen LogP contribution in [0.3, 0.4) is 0 Å². The van der Waals surface area contributed by atoms with Crippen LogP contribution in [-0.4, -0.2) is 12.5 Å². The molecule has 0 unspecified atom stereocenters. The molecule has 2 aromatic rings. The molecule has 24 heavy (non-hydrogen) atoms. The number of amides is 1. The third-order valence-electron chi connectivity index (χ3n) is 4.56. The smallest absolute Gasteiger partial charge is 0.224 e. The van der Waals surface area contributed by atoms with Crippen LogP contribution in [0.5, 0.6) is 0 Å². The van der Waals surface area contributed by atoms with Gasteiger partial charge in [-0.1, -0.05) is 87.7 Å². The van der Waals surface area contributed by atoms with Gasteiger partial charge in [0.05, 0.1) is 6.42 Å². The third kappa shape index (κ3) is 5.84. The lowest BCUT2D eigenvalue weighted by Crippen LogP contribution is -2.30. The Hall–Kier alpha value is -2.09. The quantitative estimate of drug-likeness (QED) is 0.672. The lowest BCUT2D eigenvalue weighted by molar-refractivity contribution is -0.120. The van der Waals surface area contributed by atoms with Gasteiger partial charge in [-0.15, -0.1) is 0 Å². The first-order valence-electron chi connectivity index (χ1n) is 9.14. The van der Waals surface area contributed by atoms with Crippen LogP contribution in [0, 0.1) is 5.92 Å². The SMILES string of the molecule is CCCC[C@H](CC)CNC(=O)Cc1ccc(-c2ccccc2)cc1. The van der Waals surface area contributed by atoms with E-state index >= 15 is 0 Å². The number of rotatable bonds is 9. The monoisotopic (exact) mass is 323 g/mol. The second-order valence-corrected chi connectivity index (χ2v) is 6.46. The second kappa shape index (κ2) is 9.92. The van der Waals surface area contributed by atoms with Gasteiger partial charge in [0.1, 0.15) is 0 Å². The number of hydrogen-bond donors (Lipinski definition) is 1. The summed E-state index contributed by atoms with van der Waals surface area (Å²) < 4.78 is 0. The zero-order valence-electron chi connectivity index (χ0n) is 14.9. The Labute approximate surface area is 146 Å². The van der Waals surface area contributed by atoms with E-state index in [0.29, 0.717) is 12.3 Å². The van der Waals surface area contributed by atoms with Crippen LogP contribution in [0.15, 0.2) is 54.6 Å². The maximum absolute atomic E-state index is 12.2. The van der Waals surface area contributed by atoms with E-state index in [1.54, 1.807) is 0 Å². The molecular formula is C22H29NO. The molecule has 0 spiro atoms. The number of hydrogen-bond acceptors (Lipinski definition) is 1. The van der Waals surface area contributed by atoms with Crippen molar-refractivity contribution in [3.63, 3.8) is 0 Å². The van der Waals surface area contributed by atoms with Crippen LogP contribution in [0.2, 0.25) is 0 Å². The fraction of sp³-hybridized carbons (Fsp3) is 0.409. The molecule has 128 valence electrons. The molecule has 0 aliphatic rings. The summed E-state index contributed by atoms with van der Waals surface area (Å²) in [6, 6.07) is 18.6. The topological polar surface area (TPSA) is 29.1 Å². The van der Waals surface area contributed by atoms with Crippen LogP contribution in [0.1, 0.15) is 45.1 Å². The highest BCUT2D eigenvalue weighted by molar-refractivity contribution is 5.78. The molecule has 0 aliphatic carbocycles. The molecule has 2 rings (SSSR count). The fourth-order valence-electron chi connectivity index (χ4n) is 2.90. The molecule has 1 atom stereocenters. The summed E-state index contributed by atoms with van der Waals surface area (Å²) >= 11 is 0. The summed E-state index contributed by atoms with van der Waals surface area (Å²) in [5.41, 5.74) is 3.45. The molecule has 0 aromatic heterocycles. The summed E-state index contributed by atoms with van der Waals surface area (Å²) in [6.07, 6.45) is 5.26. The van der Waals surface area contributed by atoms with Crippen LogP contribution in [0.25, 0.3) is 11.1 Å². The number of unbranched alkanes of at least 4 members (excludes halogenated alkanes) is 1. The van der Waals surface area contributed by atoms with E-state index in [4.69, 9.17) is 0 Å². The molecule has 0 aliphatic heterocycles. The Kier molecular flexibility index (Phi) is 7.54. The molecule has 0 bridgehead atoms. The molecule has 2 nitrogen and oxygen atoms in total. The van der Waals surface area contributed by atoms with Crippen molar-refractivity contribution in [1.29, 1.82) is 0 Å². The molecule has 1 amide bonds. The minimum Gasteiger partial charge on any atom is -0.356 e. The van der Waals surface area contributed by atoms with Crippen LogP contribution < -0.4 is 5.32 Å². The van der Waals surface area contributed by atoms with Crippen molar-refractivity contribution in [2.75, 3.05) is 6.54 Å². The largest absolute Gasteiger partial charge is 0.356 e. The summed E-state index contributed by atoms with van der Waals surface area (Å²) in [6.45, 7) is 5.22. The Bertz CT molecular complexity index is 604. The average molecular weight is 323 g/mol. The van der Waals surface area contributed by atoms with Gasteiger partial charge in [0.2, 0.25) is 5.91 Å². The molecule has 0 radical (unpaired) electrons. The van der Waals surface area contributed by atoms with Crippen molar-refractivity contribution in [2.45, 2.75) is 46.0 Å². The van der Waals surface area contributed by atoms with E-state index in [9.17, 15) is 4.79 Å². The van der Waals surface area contributed by atoms with Gasteiger partial charge in [0.15, 0.2) is 0 Å². The lowest BCUT2D eigenvalue weighted by Gasteiger charge is -2.15. The summed E-state index contributed by atoms with van der Waals surface area (Å²) in [4.78, 5) is 12.2. The minimum absolute atomic E-state index is 0.123. The van der Waals surface area contributed by atoms with E-state index in [-0.39, 0.29) is 5.91 Å². The van der Waals surface area contributed by atoms with Crippen molar-refractivity contribution in [3.05, 3.63) is 60.2 Å². The van der Waals surface area contributed by atoms with Crippen molar-refractivity contribution in [1.82, 2.24) is 5.32 Å². The van der Waals surface area contributed by atoms with Gasteiger partial charge in [-0.05, 0) is 29.0 Å². The number of carbonyl (C=O) groups is 1. The summed E-state index contributed by atoms with van der Waals surface area (Å²) in [7, 11) is 0. The Morgan fingerprint density at radius 2 is 1.62 bits per heavy atom. The molecule has 0 heterocycles. The minimum atomic E-state index is 0.123. The van der Waals surface area contributed by atoms with E-state index in [1.165, 1.54) is 30.4 Å². The van der Waals surface area contributed by atoms with E-state index < -0.39 is 0 Å². The number of benzene rings is 2. The van der Waals surface area contributed by atoms with Gasteiger partial charge in [0, 0.05) is 6.54 Å². The van der Waals surface area contributed by atoms with E-state index in [0.717, 1.165) is 18.5 Å². The highest BCUT2D eigenvalue weighted by atomic mass is 16.1. The molecule has 0 fully saturated rings. The zero-order valence-corrected chi connectivity index (χ0v) is 14.9. The fourth-order valence-corrected chi connectivity index (χ4v) is 2.90. The van der Waals surface area contributed by atoms with Crippen molar-refractivity contribution in [2.24, 2.45) is 5.92 Å². The van der Waals surface area contributed by atoms with Gasteiger partial charge >= 0.3 is 0 Å². The summed E-state index contributed by atoms with van der Waals surface area (Å²) in [5.74, 6) is 0.728. The maximum Gasteiger partial charge on any atom is 0.224 e. The maximum atomic E-state index is 12.2. The number of carbonyl (C=O) groups excluding carboxylic acids is 1. The van der Waals surface area contributed by atoms with Gasteiger partial charge in [-0.3, -0.25) is 4.79 Å². The van der Waals surface area contributed by atoms with Gasteiger partial charge < -0.3 is 5.32 Å². The van der Waals surface area contributed by atoms with E-state index in [1.807, 2.05) is 18.2 Å². The first-order valence-corrected chi connectivity index (χ1v) is 9.14. The summed E-state index contributed by atoms with van der Waals surface area (Å²) in [5, 5.41) is 3.10. The van der Waals surface area contributed by atoms with Crippen LogP contribution in [-0.2, 0) is 11.2 Å². The van der Waals surface area contributed by atoms with Gasteiger partial charge in [-0.25, -0.2) is 0 Å². The molecule has 0 saturated carbocycles. The Morgan fingerprint density at radius 1 is 0.958 bits per heavy atom. The normalized spacial score (nSPS) is 11.9. The third-order valence-corrected chi connectivity index (χ3v) is 4.56. The van der Waals surface area contributed by atoms with Crippen LogP contribution in [0.4, 0.5) is 0 Å². The second-order valence-electron chi connectivity index (χ2n) is 6.46. The van der Waals surface area contributed by atoms with Crippen molar-refractivity contribution >= 4 is 5.91 Å². The Balaban J connectivity index is 1.83. The molecule has 2 heteroatoms. The van der Waals surface area contributed by atoms with Gasteiger partial charge in [-0.2, -0.15) is 0 Å². The average Bonchev–Trinajstić information content (AvgIpc) is 2.63. The van der Waals surface area contributed by atoms with Crippen molar-refractivity contribution < 1.29 is 4.79 Å². The van der Waals surface area contributed by atoms with Crippen molar-refractivity contribution in [3.8, 4) is 11.1 Å². The highest BCUT2D eigenvalue weighted by Crippen LogP contribution is 2.19. The molecule has 2 aromatic carbocycles. The number of nitrogens with one attached hydrogen (secondary N) is 1. The zero-order chi connectivity index (χ0) is 17.2. The predicted molar refractivity (Wildman–Crippen MR) is 102 cm³/mol. The Morgan fingerprint density at radius 3 is 2.25 bits per heavy atom. The first-order chi connectivity index (χ1) is 11.7.